The van der Waals surface area contributed by atoms with Crippen molar-refractivity contribution in [3.8, 4) is 5.75 Å². The molecule has 0 saturated carbocycles. The summed E-state index contributed by atoms with van der Waals surface area (Å²) >= 11 is 0. The number of nitro benzene ring substituents is 1. The highest BCUT2D eigenvalue weighted by Gasteiger charge is 2.20. The minimum atomic E-state index is -0.476. The summed E-state index contributed by atoms with van der Waals surface area (Å²) in [5.74, 6) is 0.470. The smallest absolute Gasteiger partial charge is 0.271 e. The average molecular weight is 416 g/mol. The van der Waals surface area contributed by atoms with Gasteiger partial charge in [0.2, 0.25) is 0 Å². The molecule has 0 aromatic heterocycles. The number of nitrogens with zero attached hydrogens (tertiary/aromatic N) is 3. The molecule has 3 aromatic rings. The Morgan fingerprint density at radius 2 is 1.87 bits per heavy atom. The Morgan fingerprint density at radius 3 is 2.61 bits per heavy atom. The molecule has 8 nitrogen and oxygen atoms in total. The molecule has 1 aliphatic heterocycles. The lowest BCUT2D eigenvalue weighted by Crippen LogP contribution is -2.18. The van der Waals surface area contributed by atoms with Gasteiger partial charge < -0.3 is 9.64 Å². The summed E-state index contributed by atoms with van der Waals surface area (Å²) in [4.78, 5) is 25.1. The van der Waals surface area contributed by atoms with Gasteiger partial charge in [-0.25, -0.2) is 5.43 Å². The van der Waals surface area contributed by atoms with Crippen LogP contribution in [0.25, 0.3) is 0 Å². The predicted octanol–water partition coefficient (Wildman–Crippen LogP) is 3.89. The monoisotopic (exact) mass is 416 g/mol. The Labute approximate surface area is 178 Å². The van der Waals surface area contributed by atoms with E-state index in [1.165, 1.54) is 23.9 Å². The summed E-state index contributed by atoms with van der Waals surface area (Å²) in [5, 5.41) is 14.8. The van der Waals surface area contributed by atoms with E-state index in [1.54, 1.807) is 25.3 Å². The van der Waals surface area contributed by atoms with Gasteiger partial charge in [0.25, 0.3) is 11.6 Å². The second-order valence-corrected chi connectivity index (χ2v) is 7.09. The quantitative estimate of drug-likeness (QED) is 0.374. The van der Waals surface area contributed by atoms with Gasteiger partial charge in [-0.3, -0.25) is 14.9 Å². The summed E-state index contributed by atoms with van der Waals surface area (Å²) in [5.41, 5.74) is 6.83. The van der Waals surface area contributed by atoms with E-state index in [0.29, 0.717) is 17.7 Å². The van der Waals surface area contributed by atoms with Crippen LogP contribution < -0.4 is 15.1 Å². The van der Waals surface area contributed by atoms with E-state index in [9.17, 15) is 14.9 Å². The van der Waals surface area contributed by atoms with Crippen molar-refractivity contribution >= 4 is 23.5 Å². The summed E-state index contributed by atoms with van der Waals surface area (Å²) in [6, 6.07) is 19.5. The number of anilines is 1. The topological polar surface area (TPSA) is 97.1 Å². The van der Waals surface area contributed by atoms with Crippen molar-refractivity contribution in [3.63, 3.8) is 0 Å². The molecule has 1 aliphatic rings. The van der Waals surface area contributed by atoms with Gasteiger partial charge in [-0.1, -0.05) is 18.2 Å². The molecule has 0 bridgehead atoms. The van der Waals surface area contributed by atoms with Gasteiger partial charge in [-0.2, -0.15) is 5.10 Å². The largest absolute Gasteiger partial charge is 0.497 e. The molecule has 156 valence electrons. The van der Waals surface area contributed by atoms with E-state index in [2.05, 4.69) is 15.4 Å². The molecule has 0 spiro atoms. The molecule has 3 aromatic carbocycles. The van der Waals surface area contributed by atoms with Crippen molar-refractivity contribution in [1.82, 2.24) is 5.43 Å². The minimum Gasteiger partial charge on any atom is -0.497 e. The van der Waals surface area contributed by atoms with Crippen LogP contribution in [-0.2, 0) is 13.1 Å². The average Bonchev–Trinajstić information content (AvgIpc) is 3.22. The van der Waals surface area contributed by atoms with Crippen LogP contribution >= 0.6 is 0 Å². The van der Waals surface area contributed by atoms with Crippen LogP contribution in [0.3, 0.4) is 0 Å². The number of amides is 1. The number of hydrogen-bond donors (Lipinski definition) is 1. The number of nitrogens with one attached hydrogen (secondary N) is 1. The fraction of sp³-hybridized carbons (Fsp3) is 0.130. The zero-order valence-electron chi connectivity index (χ0n) is 16.8. The Morgan fingerprint density at radius 1 is 1.10 bits per heavy atom. The molecule has 0 aliphatic carbocycles. The molecule has 1 N–H and O–H groups in total. The van der Waals surface area contributed by atoms with Crippen LogP contribution in [0.4, 0.5) is 11.4 Å². The van der Waals surface area contributed by atoms with E-state index in [1.807, 2.05) is 36.4 Å². The number of carbonyl (C=O) groups is 1. The molecule has 1 amide bonds. The van der Waals surface area contributed by atoms with E-state index >= 15 is 0 Å². The molecular formula is C23H20N4O4. The number of ether oxygens (including phenoxy) is 1. The maximum Gasteiger partial charge on any atom is 0.271 e. The van der Waals surface area contributed by atoms with Crippen LogP contribution in [-0.4, -0.2) is 24.2 Å². The molecule has 8 heteroatoms. The third-order valence-corrected chi connectivity index (χ3v) is 5.09. The highest BCUT2D eigenvalue weighted by Crippen LogP contribution is 2.30. The maximum absolute atomic E-state index is 12.5. The summed E-state index contributed by atoms with van der Waals surface area (Å²) < 4.78 is 5.21. The first kappa shape index (κ1) is 20.1. The van der Waals surface area contributed by atoms with Gasteiger partial charge in [0, 0.05) is 42.0 Å². The molecule has 0 radical (unpaired) electrons. The fourth-order valence-electron chi connectivity index (χ4n) is 3.46. The number of hydrogen-bond acceptors (Lipinski definition) is 6. The number of hydrazone groups is 1. The molecule has 4 rings (SSSR count). The zero-order chi connectivity index (χ0) is 21.8. The van der Waals surface area contributed by atoms with Crippen LogP contribution in [0.15, 0.2) is 71.8 Å². The standard InChI is InChI=1S/C23H20N4O4/c1-31-22-9-7-20(8-10-22)26-14-18-6-5-17(12-19(18)15-26)23(28)25-24-13-16-3-2-4-21(11-16)27(29)30/h2-13H,14-15H2,1H3,(H,25,28)/b24-13+. The second-order valence-electron chi connectivity index (χ2n) is 7.09. The molecule has 1 heterocycles. The maximum atomic E-state index is 12.5. The minimum absolute atomic E-state index is 0.0321. The van der Waals surface area contributed by atoms with Crippen molar-refractivity contribution < 1.29 is 14.5 Å². The van der Waals surface area contributed by atoms with Crippen molar-refractivity contribution in [1.29, 1.82) is 0 Å². The highest BCUT2D eigenvalue weighted by atomic mass is 16.6. The predicted molar refractivity (Wildman–Crippen MR) is 117 cm³/mol. The number of nitro groups is 1. The second kappa shape index (κ2) is 8.66. The van der Waals surface area contributed by atoms with Crippen molar-refractivity contribution in [2.45, 2.75) is 13.1 Å². The van der Waals surface area contributed by atoms with Crippen LogP contribution in [0.1, 0.15) is 27.0 Å². The highest BCUT2D eigenvalue weighted by molar-refractivity contribution is 5.95. The van der Waals surface area contributed by atoms with Gasteiger partial charge in [-0.15, -0.1) is 0 Å². The third-order valence-electron chi connectivity index (χ3n) is 5.09. The third kappa shape index (κ3) is 4.53. The molecule has 0 atom stereocenters. The summed E-state index contributed by atoms with van der Waals surface area (Å²) in [6.07, 6.45) is 1.38. The Bertz CT molecular complexity index is 1160. The molecular weight excluding hydrogens is 396 g/mol. The number of methoxy groups -OCH3 is 1. The van der Waals surface area contributed by atoms with Crippen molar-refractivity contribution in [3.05, 3.63) is 99.1 Å². The van der Waals surface area contributed by atoms with E-state index in [-0.39, 0.29) is 11.6 Å². The molecule has 0 fully saturated rings. The van der Waals surface area contributed by atoms with Crippen molar-refractivity contribution in [2.75, 3.05) is 12.0 Å². The van der Waals surface area contributed by atoms with Crippen molar-refractivity contribution in [2.24, 2.45) is 5.10 Å². The Hall–Kier alpha value is -4.20. The Kier molecular flexibility index (Phi) is 5.61. The first-order chi connectivity index (χ1) is 15.0. The van der Waals surface area contributed by atoms with Crippen LogP contribution in [0.2, 0.25) is 0 Å². The van der Waals surface area contributed by atoms with Gasteiger partial charge in [-0.05, 0) is 47.5 Å². The number of rotatable bonds is 6. The fourth-order valence-corrected chi connectivity index (χ4v) is 3.46. The SMILES string of the molecule is COc1ccc(N2Cc3ccc(C(=O)N/N=C/c4cccc([N+](=O)[O-])c4)cc3C2)cc1. The van der Waals surface area contributed by atoms with Gasteiger partial charge in [0.15, 0.2) is 0 Å². The molecule has 31 heavy (non-hydrogen) atoms. The lowest BCUT2D eigenvalue weighted by atomic mass is 10.1. The van der Waals surface area contributed by atoms with E-state index < -0.39 is 4.92 Å². The summed E-state index contributed by atoms with van der Waals surface area (Å²) in [7, 11) is 1.64. The molecule has 0 saturated heterocycles. The zero-order valence-corrected chi connectivity index (χ0v) is 16.8. The van der Waals surface area contributed by atoms with Gasteiger partial charge >= 0.3 is 0 Å². The number of fused-ring (bicyclic) bond motifs is 1. The van der Waals surface area contributed by atoms with E-state index in [4.69, 9.17) is 4.74 Å². The first-order valence-corrected chi connectivity index (χ1v) is 9.62. The normalized spacial score (nSPS) is 12.6. The summed E-state index contributed by atoms with van der Waals surface area (Å²) in [6.45, 7) is 1.48. The van der Waals surface area contributed by atoms with E-state index in [0.717, 1.165) is 23.5 Å². The van der Waals surface area contributed by atoms with Gasteiger partial charge in [0.1, 0.15) is 5.75 Å². The first-order valence-electron chi connectivity index (χ1n) is 9.62. The van der Waals surface area contributed by atoms with Crippen LogP contribution in [0.5, 0.6) is 5.75 Å². The van der Waals surface area contributed by atoms with Gasteiger partial charge in [0.05, 0.1) is 18.2 Å². The van der Waals surface area contributed by atoms with Crippen LogP contribution in [0, 0.1) is 10.1 Å². The lowest BCUT2D eigenvalue weighted by molar-refractivity contribution is -0.384. The number of carbonyl (C=O) groups excluding carboxylic acids is 1. The molecule has 0 unspecified atom stereocenters. The number of non-ortho nitro benzene ring substituents is 1. The number of benzene rings is 3. The Balaban J connectivity index is 1.41. The lowest BCUT2D eigenvalue weighted by Gasteiger charge is -2.17.